The van der Waals surface area contributed by atoms with Crippen molar-refractivity contribution in [2.45, 2.75) is 6.92 Å². The summed E-state index contributed by atoms with van der Waals surface area (Å²) in [5.41, 5.74) is 1.68. The van der Waals surface area contributed by atoms with E-state index in [1.807, 2.05) is 6.92 Å². The molecule has 0 aromatic heterocycles. The van der Waals surface area contributed by atoms with Crippen molar-refractivity contribution in [3.63, 3.8) is 0 Å². The van der Waals surface area contributed by atoms with Gasteiger partial charge in [-0.05, 0) is 31.2 Å². The largest absolute Gasteiger partial charge is 0.494 e. The van der Waals surface area contributed by atoms with Crippen LogP contribution in [0.3, 0.4) is 0 Å². The minimum atomic E-state index is -1.12. The Balaban J connectivity index is 2.61. The molecule has 0 aliphatic rings. The van der Waals surface area contributed by atoms with Gasteiger partial charge >= 0.3 is 11.8 Å². The quantitative estimate of drug-likeness (QED) is 0.397. The molecular formula is C10H12N2O4. The highest BCUT2D eigenvalue weighted by atomic mass is 16.5. The fraction of sp³-hybridized carbons (Fsp3) is 0.200. The zero-order valence-electron chi connectivity index (χ0n) is 8.69. The molecule has 6 heteroatoms. The molecule has 86 valence electrons. The first-order valence-corrected chi connectivity index (χ1v) is 4.65. The number of amides is 2. The summed E-state index contributed by atoms with van der Waals surface area (Å²) >= 11 is 0. The molecule has 0 unspecified atom stereocenters. The maximum absolute atomic E-state index is 11.0. The van der Waals surface area contributed by atoms with Crippen molar-refractivity contribution in [3.05, 3.63) is 24.3 Å². The summed E-state index contributed by atoms with van der Waals surface area (Å²) in [6.45, 7) is 2.42. The van der Waals surface area contributed by atoms with Crippen LogP contribution < -0.4 is 15.5 Å². The Kier molecular flexibility index (Phi) is 4.28. The summed E-state index contributed by atoms with van der Waals surface area (Å²) in [7, 11) is 0. The smallest absolute Gasteiger partial charge is 0.332 e. The SMILES string of the molecule is CCOc1ccc(NC(=O)C(=O)NO)cc1. The standard InChI is InChI=1S/C10H12N2O4/c1-2-16-8-5-3-7(4-6-8)11-9(13)10(14)12-15/h3-6,15H,2H2,1H3,(H,11,13)(H,12,14). The lowest BCUT2D eigenvalue weighted by Crippen LogP contribution is -2.33. The highest BCUT2D eigenvalue weighted by molar-refractivity contribution is 6.39. The van der Waals surface area contributed by atoms with Crippen molar-refractivity contribution in [2.75, 3.05) is 11.9 Å². The van der Waals surface area contributed by atoms with Gasteiger partial charge in [0.25, 0.3) is 0 Å². The minimum Gasteiger partial charge on any atom is -0.494 e. The maximum atomic E-state index is 11.0. The zero-order valence-corrected chi connectivity index (χ0v) is 8.69. The number of rotatable bonds is 3. The summed E-state index contributed by atoms with van der Waals surface area (Å²) in [4.78, 5) is 21.7. The average Bonchev–Trinajstić information content (AvgIpc) is 2.31. The molecule has 1 aromatic rings. The van der Waals surface area contributed by atoms with E-state index < -0.39 is 11.8 Å². The van der Waals surface area contributed by atoms with Gasteiger partial charge in [-0.3, -0.25) is 14.8 Å². The van der Waals surface area contributed by atoms with E-state index in [0.717, 1.165) is 0 Å². The van der Waals surface area contributed by atoms with Crippen molar-refractivity contribution in [1.29, 1.82) is 0 Å². The minimum absolute atomic E-state index is 0.442. The van der Waals surface area contributed by atoms with Gasteiger partial charge in [-0.25, -0.2) is 5.48 Å². The molecule has 2 amide bonds. The summed E-state index contributed by atoms with van der Waals surface area (Å²) in [6, 6.07) is 6.51. The normalized spacial score (nSPS) is 9.38. The molecule has 0 heterocycles. The van der Waals surface area contributed by atoms with E-state index in [9.17, 15) is 9.59 Å². The van der Waals surface area contributed by atoms with E-state index in [1.54, 1.807) is 24.3 Å². The molecule has 0 saturated heterocycles. The molecule has 6 nitrogen and oxygen atoms in total. The third-order valence-corrected chi connectivity index (χ3v) is 1.73. The number of hydrogen-bond donors (Lipinski definition) is 3. The lowest BCUT2D eigenvalue weighted by molar-refractivity contribution is -0.141. The number of hydrogen-bond acceptors (Lipinski definition) is 4. The van der Waals surface area contributed by atoms with Crippen LogP contribution in [0, 0.1) is 0 Å². The van der Waals surface area contributed by atoms with Gasteiger partial charge < -0.3 is 10.1 Å². The van der Waals surface area contributed by atoms with Crippen molar-refractivity contribution < 1.29 is 19.5 Å². The van der Waals surface area contributed by atoms with E-state index in [2.05, 4.69) is 5.32 Å². The predicted molar refractivity (Wildman–Crippen MR) is 56.2 cm³/mol. The molecule has 1 rings (SSSR count). The topological polar surface area (TPSA) is 87.7 Å². The van der Waals surface area contributed by atoms with Crippen LogP contribution in [0.15, 0.2) is 24.3 Å². The van der Waals surface area contributed by atoms with Gasteiger partial charge in [0.2, 0.25) is 0 Å². The van der Waals surface area contributed by atoms with Gasteiger partial charge in [0.05, 0.1) is 6.61 Å². The number of ether oxygens (including phenoxy) is 1. The summed E-state index contributed by atoms with van der Waals surface area (Å²) < 4.78 is 5.20. The molecule has 0 fully saturated rings. The second-order valence-corrected chi connectivity index (χ2v) is 2.85. The average molecular weight is 224 g/mol. The second-order valence-electron chi connectivity index (χ2n) is 2.85. The Labute approximate surface area is 92.2 Å². The van der Waals surface area contributed by atoms with E-state index >= 15 is 0 Å². The highest BCUT2D eigenvalue weighted by Crippen LogP contribution is 2.15. The van der Waals surface area contributed by atoms with E-state index in [4.69, 9.17) is 9.94 Å². The number of carbonyl (C=O) groups is 2. The van der Waals surface area contributed by atoms with Crippen LogP contribution in [0.25, 0.3) is 0 Å². The number of carbonyl (C=O) groups excluding carboxylic acids is 2. The number of nitrogens with one attached hydrogen (secondary N) is 2. The van der Waals surface area contributed by atoms with Gasteiger partial charge in [0.15, 0.2) is 0 Å². The van der Waals surface area contributed by atoms with Crippen LogP contribution in [0.1, 0.15) is 6.92 Å². The highest BCUT2D eigenvalue weighted by Gasteiger charge is 2.11. The van der Waals surface area contributed by atoms with Crippen LogP contribution in [0.2, 0.25) is 0 Å². The van der Waals surface area contributed by atoms with Gasteiger partial charge in [-0.15, -0.1) is 0 Å². The Hall–Kier alpha value is -2.08. The summed E-state index contributed by atoms with van der Waals surface area (Å²) in [6.07, 6.45) is 0. The Bertz CT molecular complexity index is 375. The van der Waals surface area contributed by atoms with Gasteiger partial charge in [0, 0.05) is 5.69 Å². The third-order valence-electron chi connectivity index (χ3n) is 1.73. The molecule has 0 saturated carbocycles. The molecule has 3 N–H and O–H groups in total. The van der Waals surface area contributed by atoms with Crippen LogP contribution in [0.5, 0.6) is 5.75 Å². The van der Waals surface area contributed by atoms with Crippen molar-refractivity contribution >= 4 is 17.5 Å². The molecule has 0 aliphatic heterocycles. The first kappa shape index (κ1) is 12.0. The molecule has 0 bridgehead atoms. The Morgan fingerprint density at radius 1 is 1.25 bits per heavy atom. The van der Waals surface area contributed by atoms with Gasteiger partial charge in [0.1, 0.15) is 5.75 Å². The fourth-order valence-corrected chi connectivity index (χ4v) is 1.04. The Morgan fingerprint density at radius 2 is 1.88 bits per heavy atom. The second kappa shape index (κ2) is 5.72. The monoisotopic (exact) mass is 224 g/mol. The lowest BCUT2D eigenvalue weighted by Gasteiger charge is -2.05. The van der Waals surface area contributed by atoms with Gasteiger partial charge in [-0.2, -0.15) is 0 Å². The van der Waals surface area contributed by atoms with E-state index in [-0.39, 0.29) is 0 Å². The van der Waals surface area contributed by atoms with Crippen LogP contribution in [0.4, 0.5) is 5.69 Å². The number of anilines is 1. The number of benzene rings is 1. The maximum Gasteiger partial charge on any atom is 0.332 e. The first-order chi connectivity index (χ1) is 7.67. The van der Waals surface area contributed by atoms with Crippen molar-refractivity contribution in [1.82, 2.24) is 5.48 Å². The summed E-state index contributed by atoms with van der Waals surface area (Å²) in [5.74, 6) is -1.38. The van der Waals surface area contributed by atoms with Crippen LogP contribution in [-0.4, -0.2) is 23.6 Å². The Morgan fingerprint density at radius 3 is 2.38 bits per heavy atom. The first-order valence-electron chi connectivity index (χ1n) is 4.65. The zero-order chi connectivity index (χ0) is 12.0. The fourth-order valence-electron chi connectivity index (χ4n) is 1.04. The molecule has 0 atom stereocenters. The number of hydroxylamine groups is 1. The third kappa shape index (κ3) is 3.25. The molecule has 0 spiro atoms. The van der Waals surface area contributed by atoms with Crippen molar-refractivity contribution in [3.8, 4) is 5.75 Å². The van der Waals surface area contributed by atoms with Crippen LogP contribution >= 0.6 is 0 Å². The predicted octanol–water partition coefficient (Wildman–Crippen LogP) is 0.529. The van der Waals surface area contributed by atoms with Crippen molar-refractivity contribution in [2.24, 2.45) is 0 Å². The molecular weight excluding hydrogens is 212 g/mol. The summed E-state index contributed by atoms with van der Waals surface area (Å²) in [5, 5.41) is 10.5. The molecule has 0 radical (unpaired) electrons. The molecule has 0 aliphatic carbocycles. The van der Waals surface area contributed by atoms with Gasteiger partial charge in [-0.1, -0.05) is 0 Å². The lowest BCUT2D eigenvalue weighted by atomic mass is 10.3. The van der Waals surface area contributed by atoms with Crippen LogP contribution in [-0.2, 0) is 9.59 Å². The molecule has 1 aromatic carbocycles. The molecule has 16 heavy (non-hydrogen) atoms. The van der Waals surface area contributed by atoms with E-state index in [0.29, 0.717) is 18.0 Å². The van der Waals surface area contributed by atoms with E-state index in [1.165, 1.54) is 5.48 Å².